The number of likely N-dealkylation sites (tertiary alicyclic amines) is 1. The molecular weight excluding hydrogens is 232 g/mol. The van der Waals surface area contributed by atoms with Gasteiger partial charge in [0.1, 0.15) is 11.5 Å². The van der Waals surface area contributed by atoms with Crippen LogP contribution in [0.3, 0.4) is 0 Å². The maximum Gasteiger partial charge on any atom is 0.142 e. The summed E-state index contributed by atoms with van der Waals surface area (Å²) in [5.74, 6) is 0.0715. The Kier molecular flexibility index (Phi) is 4.50. The number of thiazole rings is 1. The van der Waals surface area contributed by atoms with Crippen molar-refractivity contribution in [3.8, 4) is 0 Å². The van der Waals surface area contributed by atoms with Crippen molar-refractivity contribution in [1.29, 1.82) is 5.41 Å². The zero-order chi connectivity index (χ0) is 12.1. The topological polar surface area (TPSA) is 66.0 Å². The van der Waals surface area contributed by atoms with Crippen LogP contribution in [0.4, 0.5) is 0 Å². The molecule has 0 aromatic carbocycles. The molecule has 0 spiro atoms. The Morgan fingerprint density at radius 2 is 2.06 bits per heavy atom. The van der Waals surface area contributed by atoms with Crippen molar-refractivity contribution in [3.05, 3.63) is 16.1 Å². The zero-order valence-electron chi connectivity index (χ0n) is 10.1. The molecule has 0 bridgehead atoms. The first-order chi connectivity index (χ1) is 8.25. The van der Waals surface area contributed by atoms with Gasteiger partial charge in [-0.3, -0.25) is 5.41 Å². The van der Waals surface area contributed by atoms with Crippen LogP contribution >= 0.6 is 11.3 Å². The van der Waals surface area contributed by atoms with E-state index >= 15 is 0 Å². The van der Waals surface area contributed by atoms with Crippen LogP contribution in [0, 0.1) is 5.41 Å². The minimum Gasteiger partial charge on any atom is -0.382 e. The van der Waals surface area contributed by atoms with Crippen LogP contribution < -0.4 is 5.73 Å². The molecule has 0 aliphatic carbocycles. The molecule has 3 N–H and O–H groups in total. The van der Waals surface area contributed by atoms with E-state index in [-0.39, 0.29) is 5.84 Å². The first-order valence-corrected chi connectivity index (χ1v) is 7.15. The second-order valence-electron chi connectivity index (χ2n) is 4.55. The van der Waals surface area contributed by atoms with Crippen molar-refractivity contribution in [2.75, 3.05) is 19.6 Å². The van der Waals surface area contributed by atoms with Gasteiger partial charge in [-0.15, -0.1) is 11.3 Å². The number of hydrogen-bond donors (Lipinski definition) is 2. The number of hydrogen-bond acceptors (Lipinski definition) is 4. The van der Waals surface area contributed by atoms with Crippen LogP contribution in [0.5, 0.6) is 0 Å². The SMILES string of the molecule is N=C(N)c1csc(CCN2CCCCCC2)n1. The molecule has 0 atom stereocenters. The fourth-order valence-corrected chi connectivity index (χ4v) is 2.95. The molecular formula is C12H20N4S. The van der Waals surface area contributed by atoms with Gasteiger partial charge in [-0.1, -0.05) is 12.8 Å². The van der Waals surface area contributed by atoms with E-state index in [1.165, 1.54) is 38.8 Å². The highest BCUT2D eigenvalue weighted by molar-refractivity contribution is 7.09. The van der Waals surface area contributed by atoms with Crippen LogP contribution in [0.2, 0.25) is 0 Å². The molecule has 4 nitrogen and oxygen atoms in total. The molecule has 5 heteroatoms. The molecule has 0 unspecified atom stereocenters. The van der Waals surface area contributed by atoms with Crippen molar-refractivity contribution in [2.24, 2.45) is 5.73 Å². The fourth-order valence-electron chi connectivity index (χ4n) is 2.16. The molecule has 1 aromatic rings. The second-order valence-corrected chi connectivity index (χ2v) is 5.49. The summed E-state index contributed by atoms with van der Waals surface area (Å²) in [6, 6.07) is 0. The molecule has 94 valence electrons. The highest BCUT2D eigenvalue weighted by atomic mass is 32.1. The predicted octanol–water partition coefficient (Wildman–Crippen LogP) is 1.85. The van der Waals surface area contributed by atoms with Crippen molar-refractivity contribution in [3.63, 3.8) is 0 Å². The number of nitrogen functional groups attached to an aromatic ring is 1. The number of aromatic nitrogens is 1. The van der Waals surface area contributed by atoms with E-state index in [2.05, 4.69) is 9.88 Å². The molecule has 0 saturated carbocycles. The van der Waals surface area contributed by atoms with Crippen LogP contribution in [0.25, 0.3) is 0 Å². The maximum absolute atomic E-state index is 7.32. The summed E-state index contributed by atoms with van der Waals surface area (Å²) < 4.78 is 0. The Labute approximate surface area is 106 Å². The van der Waals surface area contributed by atoms with Gasteiger partial charge in [0.15, 0.2) is 0 Å². The average molecular weight is 252 g/mol. The van der Waals surface area contributed by atoms with Gasteiger partial charge in [-0.05, 0) is 25.9 Å². The van der Waals surface area contributed by atoms with Gasteiger partial charge >= 0.3 is 0 Å². The Morgan fingerprint density at radius 3 is 2.65 bits per heavy atom. The maximum atomic E-state index is 7.32. The van der Waals surface area contributed by atoms with Crippen LogP contribution in [0.15, 0.2) is 5.38 Å². The minimum absolute atomic E-state index is 0.0715. The van der Waals surface area contributed by atoms with Crippen LogP contribution in [0.1, 0.15) is 36.4 Å². The molecule has 0 amide bonds. The minimum atomic E-state index is 0.0715. The summed E-state index contributed by atoms with van der Waals surface area (Å²) >= 11 is 1.61. The summed E-state index contributed by atoms with van der Waals surface area (Å²) in [6.45, 7) is 3.54. The summed E-state index contributed by atoms with van der Waals surface area (Å²) in [5.41, 5.74) is 6.03. The van der Waals surface area contributed by atoms with Gasteiger partial charge in [0, 0.05) is 18.3 Å². The third kappa shape index (κ3) is 3.78. The van der Waals surface area contributed by atoms with Crippen molar-refractivity contribution in [1.82, 2.24) is 9.88 Å². The Hall–Kier alpha value is -0.940. The highest BCUT2D eigenvalue weighted by Crippen LogP contribution is 2.13. The van der Waals surface area contributed by atoms with E-state index < -0.39 is 0 Å². The van der Waals surface area contributed by atoms with E-state index in [1.807, 2.05) is 5.38 Å². The Bertz CT molecular complexity index is 366. The first-order valence-electron chi connectivity index (χ1n) is 6.27. The van der Waals surface area contributed by atoms with E-state index in [9.17, 15) is 0 Å². The van der Waals surface area contributed by atoms with Gasteiger partial charge < -0.3 is 10.6 Å². The van der Waals surface area contributed by atoms with Crippen LogP contribution in [-0.2, 0) is 6.42 Å². The summed E-state index contributed by atoms with van der Waals surface area (Å²) in [4.78, 5) is 6.89. The smallest absolute Gasteiger partial charge is 0.142 e. The van der Waals surface area contributed by atoms with Crippen LogP contribution in [-0.4, -0.2) is 35.4 Å². The number of nitrogens with zero attached hydrogens (tertiary/aromatic N) is 2. The lowest BCUT2D eigenvalue weighted by atomic mass is 10.2. The third-order valence-corrected chi connectivity index (χ3v) is 4.08. The molecule has 17 heavy (non-hydrogen) atoms. The first kappa shape index (κ1) is 12.5. The predicted molar refractivity (Wildman–Crippen MR) is 71.7 cm³/mol. The Morgan fingerprint density at radius 1 is 1.35 bits per heavy atom. The second kappa shape index (κ2) is 6.12. The summed E-state index contributed by atoms with van der Waals surface area (Å²) in [6.07, 6.45) is 6.40. The lowest BCUT2D eigenvalue weighted by Gasteiger charge is -2.18. The van der Waals surface area contributed by atoms with E-state index in [4.69, 9.17) is 11.1 Å². The number of rotatable bonds is 4. The molecule has 2 rings (SSSR count). The quantitative estimate of drug-likeness (QED) is 0.635. The van der Waals surface area contributed by atoms with Gasteiger partial charge in [0.2, 0.25) is 0 Å². The zero-order valence-corrected chi connectivity index (χ0v) is 10.9. The average Bonchev–Trinajstić information content (AvgIpc) is 2.63. The third-order valence-electron chi connectivity index (χ3n) is 3.17. The van der Waals surface area contributed by atoms with E-state index in [1.54, 1.807) is 11.3 Å². The summed E-state index contributed by atoms with van der Waals surface area (Å²) in [5, 5.41) is 10.3. The largest absolute Gasteiger partial charge is 0.382 e. The molecule has 1 fully saturated rings. The number of nitrogens with two attached hydrogens (primary N) is 1. The number of nitrogens with one attached hydrogen (secondary N) is 1. The number of amidine groups is 1. The molecule has 2 heterocycles. The van der Waals surface area contributed by atoms with E-state index in [0.717, 1.165) is 18.0 Å². The highest BCUT2D eigenvalue weighted by Gasteiger charge is 2.10. The van der Waals surface area contributed by atoms with Gasteiger partial charge in [-0.2, -0.15) is 0 Å². The van der Waals surface area contributed by atoms with Gasteiger partial charge in [0.25, 0.3) is 0 Å². The monoisotopic (exact) mass is 252 g/mol. The summed E-state index contributed by atoms with van der Waals surface area (Å²) in [7, 11) is 0. The molecule has 0 radical (unpaired) electrons. The molecule has 1 aliphatic heterocycles. The van der Waals surface area contributed by atoms with Crippen molar-refractivity contribution < 1.29 is 0 Å². The van der Waals surface area contributed by atoms with E-state index in [0.29, 0.717) is 5.69 Å². The van der Waals surface area contributed by atoms with Gasteiger partial charge in [-0.25, -0.2) is 4.98 Å². The molecule has 1 aromatic heterocycles. The lowest BCUT2D eigenvalue weighted by Crippen LogP contribution is -2.27. The standard InChI is InChI=1S/C12H20N4S/c13-12(14)10-9-17-11(15-10)5-8-16-6-3-1-2-4-7-16/h9H,1-8H2,(H3,13,14). The van der Waals surface area contributed by atoms with Crippen molar-refractivity contribution in [2.45, 2.75) is 32.1 Å². The molecule has 1 aliphatic rings. The Balaban J connectivity index is 1.81. The van der Waals surface area contributed by atoms with Gasteiger partial charge in [0.05, 0.1) is 5.01 Å². The molecule has 1 saturated heterocycles. The lowest BCUT2D eigenvalue weighted by molar-refractivity contribution is 0.288. The normalized spacial score (nSPS) is 17.9. The van der Waals surface area contributed by atoms with Crippen molar-refractivity contribution >= 4 is 17.2 Å². The fraction of sp³-hybridized carbons (Fsp3) is 0.667.